The molecule has 0 bridgehead atoms. The van der Waals surface area contributed by atoms with Crippen molar-refractivity contribution in [2.75, 3.05) is 7.11 Å². The first-order valence-corrected chi connectivity index (χ1v) is 6.79. The van der Waals surface area contributed by atoms with Gasteiger partial charge in [0.05, 0.1) is 19.6 Å². The summed E-state index contributed by atoms with van der Waals surface area (Å²) < 4.78 is 9.82. The number of methoxy groups -OCH3 is 1. The van der Waals surface area contributed by atoms with Crippen LogP contribution in [0.4, 0.5) is 4.79 Å². The molecule has 0 saturated carbocycles. The van der Waals surface area contributed by atoms with Crippen LogP contribution in [0.5, 0.6) is 0 Å². The number of thiophene rings is 1. The van der Waals surface area contributed by atoms with Crippen LogP contribution in [-0.2, 0) is 14.3 Å². The highest BCUT2D eigenvalue weighted by atomic mass is 32.1. The number of hydrogen-bond acceptors (Lipinski definition) is 5. The minimum absolute atomic E-state index is 0.0796. The molecule has 0 fully saturated rings. The standard InChI is InChI=1S/C13H19NO4S/c1-13(2,3)18-12(16)14-9(8-11(15)17-4)10-6-5-7-19-10/h5-7,9H,8H2,1-4H3,(H,14,16). The normalized spacial score (nSPS) is 12.6. The maximum Gasteiger partial charge on any atom is 0.408 e. The number of esters is 1. The second-order valence-corrected chi connectivity index (χ2v) is 5.97. The Bertz CT molecular complexity index is 422. The summed E-state index contributed by atoms with van der Waals surface area (Å²) in [5, 5.41) is 4.57. The number of hydrogen-bond donors (Lipinski definition) is 1. The van der Waals surface area contributed by atoms with Crippen molar-refractivity contribution in [2.45, 2.75) is 38.8 Å². The summed E-state index contributed by atoms with van der Waals surface area (Å²) in [5.41, 5.74) is -0.574. The molecule has 0 radical (unpaired) electrons. The lowest BCUT2D eigenvalue weighted by atomic mass is 10.1. The van der Waals surface area contributed by atoms with Crippen LogP contribution < -0.4 is 5.32 Å². The maximum absolute atomic E-state index is 11.8. The summed E-state index contributed by atoms with van der Waals surface area (Å²) >= 11 is 1.47. The number of amides is 1. The Hall–Kier alpha value is -1.56. The summed E-state index contributed by atoms with van der Waals surface area (Å²) in [6.45, 7) is 5.35. The number of carbonyl (C=O) groups is 2. The molecule has 5 nitrogen and oxygen atoms in total. The van der Waals surface area contributed by atoms with E-state index in [0.29, 0.717) is 0 Å². The molecular formula is C13H19NO4S. The van der Waals surface area contributed by atoms with E-state index in [4.69, 9.17) is 4.74 Å². The predicted octanol–water partition coefficient (Wildman–Crippen LogP) is 2.88. The van der Waals surface area contributed by atoms with Gasteiger partial charge in [0, 0.05) is 4.88 Å². The minimum Gasteiger partial charge on any atom is -0.469 e. The first-order valence-electron chi connectivity index (χ1n) is 5.91. The van der Waals surface area contributed by atoms with Crippen molar-refractivity contribution in [1.82, 2.24) is 5.32 Å². The molecule has 0 aromatic carbocycles. The van der Waals surface area contributed by atoms with Gasteiger partial charge in [-0.2, -0.15) is 0 Å². The van der Waals surface area contributed by atoms with Crippen molar-refractivity contribution < 1.29 is 19.1 Å². The first kappa shape index (κ1) is 15.5. The average Bonchev–Trinajstić information content (AvgIpc) is 2.78. The van der Waals surface area contributed by atoms with E-state index in [1.807, 2.05) is 17.5 Å². The Morgan fingerprint density at radius 2 is 2.11 bits per heavy atom. The lowest BCUT2D eigenvalue weighted by Crippen LogP contribution is -2.35. The number of alkyl carbamates (subject to hydrolysis) is 1. The summed E-state index contributed by atoms with van der Waals surface area (Å²) in [6, 6.07) is 3.29. The lowest BCUT2D eigenvalue weighted by molar-refractivity contribution is -0.141. The van der Waals surface area contributed by atoms with E-state index in [1.54, 1.807) is 20.8 Å². The van der Waals surface area contributed by atoms with Crippen LogP contribution in [0.25, 0.3) is 0 Å². The molecule has 0 saturated heterocycles. The van der Waals surface area contributed by atoms with Crippen LogP contribution in [0, 0.1) is 0 Å². The Labute approximate surface area is 116 Å². The van der Waals surface area contributed by atoms with E-state index in [9.17, 15) is 9.59 Å². The number of rotatable bonds is 4. The highest BCUT2D eigenvalue weighted by molar-refractivity contribution is 7.10. The van der Waals surface area contributed by atoms with Gasteiger partial charge in [-0.25, -0.2) is 4.79 Å². The van der Waals surface area contributed by atoms with Crippen molar-refractivity contribution in [3.05, 3.63) is 22.4 Å². The van der Waals surface area contributed by atoms with Gasteiger partial charge in [0.25, 0.3) is 0 Å². The van der Waals surface area contributed by atoms with Gasteiger partial charge in [-0.05, 0) is 32.2 Å². The molecule has 1 aromatic heterocycles. The van der Waals surface area contributed by atoms with Crippen molar-refractivity contribution >= 4 is 23.4 Å². The molecular weight excluding hydrogens is 266 g/mol. The fourth-order valence-electron chi connectivity index (χ4n) is 1.41. The van der Waals surface area contributed by atoms with Crippen molar-refractivity contribution in [1.29, 1.82) is 0 Å². The van der Waals surface area contributed by atoms with Crippen LogP contribution in [0.1, 0.15) is 38.1 Å². The van der Waals surface area contributed by atoms with E-state index in [2.05, 4.69) is 10.1 Å². The van der Waals surface area contributed by atoms with Crippen molar-refractivity contribution in [2.24, 2.45) is 0 Å². The first-order chi connectivity index (χ1) is 8.81. The molecule has 6 heteroatoms. The SMILES string of the molecule is COC(=O)CC(NC(=O)OC(C)(C)C)c1cccs1. The number of nitrogens with one attached hydrogen (secondary N) is 1. The third-order valence-electron chi connectivity index (χ3n) is 2.18. The van der Waals surface area contributed by atoms with Crippen LogP contribution in [0.2, 0.25) is 0 Å². The van der Waals surface area contributed by atoms with Gasteiger partial charge >= 0.3 is 12.1 Å². The van der Waals surface area contributed by atoms with E-state index in [0.717, 1.165) is 4.88 Å². The summed E-state index contributed by atoms with van der Waals surface area (Å²) in [7, 11) is 1.32. The molecule has 1 aromatic rings. The highest BCUT2D eigenvalue weighted by Crippen LogP contribution is 2.23. The topological polar surface area (TPSA) is 64.6 Å². The maximum atomic E-state index is 11.8. The molecule has 0 aliphatic heterocycles. The third kappa shape index (κ3) is 5.74. The van der Waals surface area contributed by atoms with Crippen LogP contribution in [-0.4, -0.2) is 24.8 Å². The largest absolute Gasteiger partial charge is 0.469 e. The second-order valence-electron chi connectivity index (χ2n) is 4.99. The van der Waals surface area contributed by atoms with Gasteiger partial charge in [-0.3, -0.25) is 4.79 Å². The predicted molar refractivity (Wildman–Crippen MR) is 73.1 cm³/mol. The van der Waals surface area contributed by atoms with Gasteiger partial charge in [-0.15, -0.1) is 11.3 Å². The molecule has 0 aliphatic carbocycles. The molecule has 1 amide bonds. The highest BCUT2D eigenvalue weighted by Gasteiger charge is 2.23. The van der Waals surface area contributed by atoms with E-state index >= 15 is 0 Å². The second kappa shape index (κ2) is 6.56. The Morgan fingerprint density at radius 3 is 2.58 bits per heavy atom. The zero-order chi connectivity index (χ0) is 14.5. The zero-order valence-electron chi connectivity index (χ0n) is 11.6. The van der Waals surface area contributed by atoms with E-state index in [1.165, 1.54) is 18.4 Å². The van der Waals surface area contributed by atoms with Crippen LogP contribution in [0.3, 0.4) is 0 Å². The lowest BCUT2D eigenvalue weighted by Gasteiger charge is -2.22. The van der Waals surface area contributed by atoms with Gasteiger partial charge in [0.2, 0.25) is 0 Å². The smallest absolute Gasteiger partial charge is 0.408 e. The van der Waals surface area contributed by atoms with Crippen molar-refractivity contribution in [3.63, 3.8) is 0 Å². The van der Waals surface area contributed by atoms with Gasteiger partial charge in [0.15, 0.2) is 0 Å². The molecule has 1 N–H and O–H groups in total. The fourth-order valence-corrected chi connectivity index (χ4v) is 2.19. The number of ether oxygens (including phenoxy) is 2. The minimum atomic E-state index is -0.574. The Kier molecular flexibility index (Phi) is 5.35. The quantitative estimate of drug-likeness (QED) is 0.864. The molecule has 1 atom stereocenters. The molecule has 1 unspecified atom stereocenters. The molecule has 0 spiro atoms. The summed E-state index contributed by atoms with van der Waals surface area (Å²) in [6.07, 6.45) is -0.467. The number of carbonyl (C=O) groups excluding carboxylic acids is 2. The Morgan fingerprint density at radius 1 is 1.42 bits per heavy atom. The van der Waals surface area contributed by atoms with Gasteiger partial charge in [0.1, 0.15) is 5.60 Å². The van der Waals surface area contributed by atoms with Crippen LogP contribution in [0.15, 0.2) is 17.5 Å². The van der Waals surface area contributed by atoms with E-state index in [-0.39, 0.29) is 12.4 Å². The van der Waals surface area contributed by atoms with Crippen molar-refractivity contribution in [3.8, 4) is 0 Å². The molecule has 19 heavy (non-hydrogen) atoms. The van der Waals surface area contributed by atoms with Gasteiger partial charge in [-0.1, -0.05) is 6.07 Å². The van der Waals surface area contributed by atoms with Crippen LogP contribution >= 0.6 is 11.3 Å². The average molecular weight is 285 g/mol. The third-order valence-corrected chi connectivity index (χ3v) is 3.16. The van der Waals surface area contributed by atoms with Gasteiger partial charge < -0.3 is 14.8 Å². The molecule has 106 valence electrons. The monoisotopic (exact) mass is 285 g/mol. The molecule has 1 rings (SSSR count). The molecule has 1 heterocycles. The fraction of sp³-hybridized carbons (Fsp3) is 0.538. The Balaban J connectivity index is 2.70. The van der Waals surface area contributed by atoms with E-state index < -0.39 is 17.7 Å². The summed E-state index contributed by atoms with van der Waals surface area (Å²) in [5.74, 6) is -0.380. The molecule has 0 aliphatic rings. The summed E-state index contributed by atoms with van der Waals surface area (Å²) in [4.78, 5) is 24.0. The zero-order valence-corrected chi connectivity index (χ0v) is 12.4.